The van der Waals surface area contributed by atoms with Crippen molar-refractivity contribution in [1.82, 2.24) is 10.2 Å². The summed E-state index contributed by atoms with van der Waals surface area (Å²) in [4.78, 5) is 53.4. The van der Waals surface area contributed by atoms with Crippen LogP contribution in [-0.4, -0.2) is 124 Å². The maximum absolute atomic E-state index is 11.6. The van der Waals surface area contributed by atoms with Gasteiger partial charge in [-0.2, -0.15) is 0 Å². The number of unbranched alkanes of at least 4 members (excludes halogenated alkanes) is 2. The largest absolute Gasteiger partial charge is 0.507 e. The summed E-state index contributed by atoms with van der Waals surface area (Å²) in [7, 11) is 8.36. The zero-order chi connectivity index (χ0) is 64.8. The predicted octanol–water partition coefficient (Wildman–Crippen LogP) is 14.6. The number of anilines is 2. The number of aromatic carboxylic acids is 4. The fourth-order valence-electron chi connectivity index (χ4n) is 11.4. The summed E-state index contributed by atoms with van der Waals surface area (Å²) in [6, 6.07) is 51.7. The molecule has 0 aliphatic carbocycles. The van der Waals surface area contributed by atoms with E-state index >= 15 is 0 Å². The van der Waals surface area contributed by atoms with E-state index in [9.17, 15) is 60.0 Å². The molecule has 0 atom stereocenters. The van der Waals surface area contributed by atoms with Crippen LogP contribution in [0.4, 0.5) is 11.4 Å². The molecule has 90 heavy (non-hydrogen) atoms. The molecule has 0 aromatic heterocycles. The average molecular weight is 1220 g/mol. The molecule has 0 fully saturated rings. The number of nitrogens with one attached hydrogen (secondary N) is 1. The van der Waals surface area contributed by atoms with Gasteiger partial charge >= 0.3 is 23.9 Å². The van der Waals surface area contributed by atoms with Gasteiger partial charge in [-0.3, -0.25) is 0 Å². The lowest BCUT2D eigenvalue weighted by Crippen LogP contribution is -2.31. The van der Waals surface area contributed by atoms with Gasteiger partial charge in [0.15, 0.2) is 0 Å². The van der Waals surface area contributed by atoms with Crippen molar-refractivity contribution in [2.24, 2.45) is 0 Å². The summed E-state index contributed by atoms with van der Waals surface area (Å²) < 4.78 is 0. The number of fused-ring (bicyclic) bond motifs is 4. The summed E-state index contributed by atoms with van der Waals surface area (Å²) in [6.45, 7) is 9.24. The van der Waals surface area contributed by atoms with Crippen LogP contribution in [0.25, 0.3) is 43.1 Å². The van der Waals surface area contributed by atoms with Crippen LogP contribution in [0.5, 0.6) is 23.0 Å². The molecule has 0 spiro atoms. The summed E-state index contributed by atoms with van der Waals surface area (Å²) in [6.07, 6.45) is 6.24. The highest BCUT2D eigenvalue weighted by Gasteiger charge is 2.25. The zero-order valence-electron chi connectivity index (χ0n) is 51.6. The van der Waals surface area contributed by atoms with E-state index in [1.807, 2.05) is 0 Å². The Balaban J connectivity index is 0.000000174. The third kappa shape index (κ3) is 15.4. The minimum absolute atomic E-state index is 0.0407. The van der Waals surface area contributed by atoms with Crippen LogP contribution in [0.2, 0.25) is 0 Å². The first-order valence-electron chi connectivity index (χ1n) is 30.1. The SMILES string of the molecule is CCCCN(CCCC)CCCNC(c1ccc(N(C)C)cc1)c1ccc(N(C)C)cc1.O=C(O)c1cc2ccccc2c(Cc2c(O)c(C(=O)O)cc3ccccc23)c1O.O=C(O)c1cc2ccccc2c(Cc2c(O)c(C(=O)O)cc3ccccc23)c1O. The number of hydrogen-bond donors (Lipinski definition) is 9. The van der Waals surface area contributed by atoms with E-state index in [1.165, 1.54) is 98.5 Å². The van der Waals surface area contributed by atoms with E-state index in [-0.39, 0.29) is 41.1 Å². The second kappa shape index (κ2) is 30.2. The van der Waals surface area contributed by atoms with Crippen molar-refractivity contribution < 1.29 is 60.0 Å². The van der Waals surface area contributed by atoms with E-state index in [1.54, 1.807) is 97.1 Å². The van der Waals surface area contributed by atoms with E-state index in [4.69, 9.17) is 0 Å². The number of hydrogen-bond acceptors (Lipinski definition) is 12. The van der Waals surface area contributed by atoms with Crippen LogP contribution in [0, 0.1) is 0 Å². The van der Waals surface area contributed by atoms with Crippen molar-refractivity contribution >= 4 is 78.3 Å². The molecule has 10 aromatic carbocycles. The molecular formula is C74H78N4O12. The Kier molecular flexibility index (Phi) is 22.1. The topological polar surface area (TPSA) is 252 Å². The normalized spacial score (nSPS) is 11.2. The molecule has 16 heteroatoms. The minimum atomic E-state index is -1.28. The zero-order valence-corrected chi connectivity index (χ0v) is 51.6. The number of carboxylic acid groups (broad SMARTS) is 4. The number of carboxylic acids is 4. The van der Waals surface area contributed by atoms with Crippen LogP contribution in [0.15, 0.2) is 170 Å². The van der Waals surface area contributed by atoms with Crippen LogP contribution >= 0.6 is 0 Å². The van der Waals surface area contributed by atoms with Gasteiger partial charge < -0.3 is 60.9 Å². The van der Waals surface area contributed by atoms with Crippen molar-refractivity contribution in [2.45, 2.75) is 64.8 Å². The fraction of sp³-hybridized carbons (Fsp3) is 0.243. The van der Waals surface area contributed by atoms with Gasteiger partial charge in [-0.1, -0.05) is 148 Å². The number of rotatable bonds is 23. The summed E-state index contributed by atoms with van der Waals surface area (Å²) in [5.74, 6) is -6.71. The van der Waals surface area contributed by atoms with Gasteiger partial charge in [-0.15, -0.1) is 0 Å². The molecule has 0 saturated carbocycles. The third-order valence-electron chi connectivity index (χ3n) is 16.3. The Labute approximate surface area is 523 Å². The monoisotopic (exact) mass is 1210 g/mol. The van der Waals surface area contributed by atoms with Gasteiger partial charge in [-0.25, -0.2) is 19.2 Å². The Morgan fingerprint density at radius 1 is 0.389 bits per heavy atom. The van der Waals surface area contributed by atoms with E-state index in [0.29, 0.717) is 65.3 Å². The molecular weight excluding hydrogens is 1140 g/mol. The van der Waals surface area contributed by atoms with Crippen molar-refractivity contribution in [2.75, 3.05) is 64.2 Å². The van der Waals surface area contributed by atoms with Crippen molar-refractivity contribution in [1.29, 1.82) is 0 Å². The highest BCUT2D eigenvalue weighted by Crippen LogP contribution is 2.41. The first-order chi connectivity index (χ1) is 43.2. The first kappa shape index (κ1) is 65.8. The predicted molar refractivity (Wildman–Crippen MR) is 358 cm³/mol. The minimum Gasteiger partial charge on any atom is -0.507 e. The molecule has 0 amide bonds. The Morgan fingerprint density at radius 3 is 0.911 bits per heavy atom. The highest BCUT2D eigenvalue weighted by atomic mass is 16.4. The molecule has 10 rings (SSSR count). The number of phenols is 4. The lowest BCUT2D eigenvalue weighted by Gasteiger charge is -2.24. The van der Waals surface area contributed by atoms with Crippen molar-refractivity contribution in [3.63, 3.8) is 0 Å². The molecule has 0 heterocycles. The van der Waals surface area contributed by atoms with Crippen LogP contribution in [-0.2, 0) is 12.8 Å². The van der Waals surface area contributed by atoms with Crippen LogP contribution in [0.3, 0.4) is 0 Å². The maximum atomic E-state index is 11.6. The van der Waals surface area contributed by atoms with E-state index < -0.39 is 46.9 Å². The van der Waals surface area contributed by atoms with Gasteiger partial charge in [0.05, 0.1) is 6.04 Å². The van der Waals surface area contributed by atoms with E-state index in [2.05, 4.69) is 111 Å². The van der Waals surface area contributed by atoms with Crippen LogP contribution < -0.4 is 15.1 Å². The quantitative estimate of drug-likeness (QED) is 0.0270. The number of aromatic hydroxyl groups is 4. The summed E-state index contributed by atoms with van der Waals surface area (Å²) in [5, 5.41) is 89.5. The van der Waals surface area contributed by atoms with Crippen molar-refractivity contribution in [3.05, 3.63) is 225 Å². The summed E-state index contributed by atoms with van der Waals surface area (Å²) in [5.41, 5.74) is 5.33. The molecule has 0 unspecified atom stereocenters. The number of nitrogens with zero attached hydrogens (tertiary/aromatic N) is 3. The second-order valence-corrected chi connectivity index (χ2v) is 22.7. The number of benzene rings is 10. The van der Waals surface area contributed by atoms with Crippen LogP contribution in [0.1, 0.15) is 127 Å². The van der Waals surface area contributed by atoms with Gasteiger partial charge in [0.1, 0.15) is 45.3 Å². The van der Waals surface area contributed by atoms with Gasteiger partial charge in [0.2, 0.25) is 0 Å². The standard InChI is InChI=1S/C28H46N4.2C23H16O6/c1-7-9-21-32(22-10-8-2)23-11-20-29-28(24-12-16-26(17-13-24)30(3)4)25-14-18-27(19-15-25)31(5)6;2*24-20-16(14-7-3-1-5-12(14)9-18(20)22(26)27)11-17-15-8-4-2-6-13(15)10-19(21(17)25)23(28)29/h12-19,28-29H,7-11,20-23H2,1-6H3;2*1-10,24-25H,11H2,(H,26,27)(H,28,29). The summed E-state index contributed by atoms with van der Waals surface area (Å²) >= 11 is 0. The Morgan fingerprint density at radius 2 is 0.656 bits per heavy atom. The molecule has 0 radical (unpaired) electrons. The number of carbonyl (C=O) groups is 4. The first-order valence-corrected chi connectivity index (χ1v) is 30.1. The van der Waals surface area contributed by atoms with Gasteiger partial charge in [-0.05, 0) is 148 Å². The van der Waals surface area contributed by atoms with E-state index in [0.717, 1.165) is 6.54 Å². The molecule has 0 aliphatic heterocycles. The van der Waals surface area contributed by atoms with Gasteiger partial charge in [0.25, 0.3) is 0 Å². The molecule has 0 saturated heterocycles. The lowest BCUT2D eigenvalue weighted by molar-refractivity contribution is 0.0682. The van der Waals surface area contributed by atoms with Gasteiger partial charge in [0, 0.05) is 74.7 Å². The molecule has 0 bridgehead atoms. The highest BCUT2D eigenvalue weighted by molar-refractivity contribution is 6.04. The second-order valence-electron chi connectivity index (χ2n) is 22.7. The molecule has 0 aliphatic rings. The Hall–Kier alpha value is -10.2. The fourth-order valence-corrected chi connectivity index (χ4v) is 11.4. The molecule has 16 nitrogen and oxygen atoms in total. The Bertz CT molecular complexity index is 3740. The van der Waals surface area contributed by atoms with Crippen molar-refractivity contribution in [3.8, 4) is 23.0 Å². The molecule has 466 valence electrons. The lowest BCUT2D eigenvalue weighted by atomic mass is 9.90. The maximum Gasteiger partial charge on any atom is 0.339 e. The smallest absolute Gasteiger partial charge is 0.339 e. The average Bonchev–Trinajstić information content (AvgIpc) is 0.783. The third-order valence-corrected chi connectivity index (χ3v) is 16.3. The molecule has 9 N–H and O–H groups in total. The molecule has 10 aromatic rings.